The van der Waals surface area contributed by atoms with Gasteiger partial charge in [0.05, 0.1) is 12.4 Å². The van der Waals surface area contributed by atoms with Crippen molar-refractivity contribution in [3.63, 3.8) is 0 Å². The maximum absolute atomic E-state index is 5.39. The van der Waals surface area contributed by atoms with Gasteiger partial charge in [0.25, 0.3) is 0 Å². The molecule has 1 heteroatoms. The van der Waals surface area contributed by atoms with Gasteiger partial charge < -0.3 is 4.74 Å². The lowest BCUT2D eigenvalue weighted by atomic mass is 10.2. The van der Waals surface area contributed by atoms with Crippen molar-refractivity contribution in [3.8, 4) is 0 Å². The fourth-order valence-corrected chi connectivity index (χ4v) is 1.10. The first-order valence-electron chi connectivity index (χ1n) is 3.66. The highest BCUT2D eigenvalue weighted by molar-refractivity contribution is 5.09. The third-order valence-electron chi connectivity index (χ3n) is 1.71. The first-order chi connectivity index (χ1) is 4.34. The summed E-state index contributed by atoms with van der Waals surface area (Å²) in [5, 5.41) is 0. The molecule has 0 aromatic rings. The molecular formula is C8H14O. The highest BCUT2D eigenvalue weighted by Gasteiger charge is 2.09. The fraction of sp³-hybridized carbons (Fsp3) is 0.750. The van der Waals surface area contributed by atoms with E-state index < -0.39 is 0 Å². The number of hydrogen-bond acceptors (Lipinski definition) is 1. The average Bonchev–Trinajstić information content (AvgIpc) is 2.18. The minimum atomic E-state index is 0.918. The van der Waals surface area contributed by atoms with Crippen molar-refractivity contribution in [2.45, 2.75) is 33.1 Å². The summed E-state index contributed by atoms with van der Waals surface area (Å²) in [6, 6.07) is 0. The van der Waals surface area contributed by atoms with Gasteiger partial charge in [-0.15, -0.1) is 0 Å². The maximum Gasteiger partial charge on any atom is 0.0950 e. The van der Waals surface area contributed by atoms with E-state index in [0.717, 1.165) is 19.4 Å². The molecule has 0 saturated carbocycles. The van der Waals surface area contributed by atoms with Crippen LogP contribution in [0.2, 0.25) is 0 Å². The first-order valence-corrected chi connectivity index (χ1v) is 3.66. The molecule has 0 amide bonds. The van der Waals surface area contributed by atoms with Gasteiger partial charge in [-0.1, -0.05) is 6.92 Å². The highest BCUT2D eigenvalue weighted by Crippen LogP contribution is 2.21. The summed E-state index contributed by atoms with van der Waals surface area (Å²) in [5.74, 6) is 1.25. The SMILES string of the molecule is CCCC1=C(C)CCO1. The van der Waals surface area contributed by atoms with Crippen LogP contribution in [-0.4, -0.2) is 6.61 Å². The summed E-state index contributed by atoms with van der Waals surface area (Å²) in [6.45, 7) is 5.26. The molecule has 1 rings (SSSR count). The van der Waals surface area contributed by atoms with Crippen LogP contribution in [0.15, 0.2) is 11.3 Å². The van der Waals surface area contributed by atoms with Gasteiger partial charge in [-0.25, -0.2) is 0 Å². The van der Waals surface area contributed by atoms with E-state index in [9.17, 15) is 0 Å². The van der Waals surface area contributed by atoms with Crippen LogP contribution in [0.25, 0.3) is 0 Å². The number of rotatable bonds is 2. The standard InChI is InChI=1S/C8H14O/c1-3-4-8-7(2)5-6-9-8/h3-6H2,1-2H3. The Hall–Kier alpha value is -0.460. The van der Waals surface area contributed by atoms with Gasteiger partial charge >= 0.3 is 0 Å². The molecule has 1 aliphatic rings. The molecule has 0 aromatic carbocycles. The largest absolute Gasteiger partial charge is 0.498 e. The van der Waals surface area contributed by atoms with Gasteiger partial charge in [0.15, 0.2) is 0 Å². The Balaban J connectivity index is 2.45. The minimum Gasteiger partial charge on any atom is -0.498 e. The van der Waals surface area contributed by atoms with Gasteiger partial charge in [-0.05, 0) is 18.9 Å². The Morgan fingerprint density at radius 1 is 1.56 bits per heavy atom. The van der Waals surface area contributed by atoms with Crippen molar-refractivity contribution in [1.82, 2.24) is 0 Å². The minimum absolute atomic E-state index is 0.918. The number of allylic oxidation sites excluding steroid dienone is 1. The predicted octanol–water partition coefficient (Wildman–Crippen LogP) is 2.48. The quantitative estimate of drug-likeness (QED) is 0.552. The van der Waals surface area contributed by atoms with E-state index >= 15 is 0 Å². The maximum atomic E-state index is 5.39. The zero-order valence-electron chi connectivity index (χ0n) is 6.24. The van der Waals surface area contributed by atoms with Crippen molar-refractivity contribution in [3.05, 3.63) is 11.3 Å². The average molecular weight is 126 g/mol. The third kappa shape index (κ3) is 1.47. The predicted molar refractivity (Wildman–Crippen MR) is 38.2 cm³/mol. The molecular weight excluding hydrogens is 112 g/mol. The topological polar surface area (TPSA) is 9.23 Å². The van der Waals surface area contributed by atoms with Gasteiger partial charge in [-0.3, -0.25) is 0 Å². The molecule has 0 aliphatic carbocycles. The second-order valence-electron chi connectivity index (χ2n) is 2.55. The van der Waals surface area contributed by atoms with E-state index in [1.54, 1.807) is 0 Å². The highest BCUT2D eigenvalue weighted by atomic mass is 16.5. The smallest absolute Gasteiger partial charge is 0.0950 e. The Morgan fingerprint density at radius 2 is 2.33 bits per heavy atom. The monoisotopic (exact) mass is 126 g/mol. The molecule has 0 atom stereocenters. The summed E-state index contributed by atoms with van der Waals surface area (Å²) in [4.78, 5) is 0. The molecule has 0 bridgehead atoms. The van der Waals surface area contributed by atoms with Crippen LogP contribution in [0.1, 0.15) is 33.1 Å². The Morgan fingerprint density at radius 3 is 2.78 bits per heavy atom. The van der Waals surface area contributed by atoms with Crippen molar-refractivity contribution in [1.29, 1.82) is 0 Å². The lowest BCUT2D eigenvalue weighted by molar-refractivity contribution is 0.233. The molecule has 0 saturated heterocycles. The molecule has 0 N–H and O–H groups in total. The van der Waals surface area contributed by atoms with E-state index in [-0.39, 0.29) is 0 Å². The zero-order valence-corrected chi connectivity index (χ0v) is 6.24. The first kappa shape index (κ1) is 6.66. The summed E-state index contributed by atoms with van der Waals surface area (Å²) >= 11 is 0. The molecule has 1 nitrogen and oxygen atoms in total. The zero-order chi connectivity index (χ0) is 6.69. The molecule has 0 radical (unpaired) electrons. The summed E-state index contributed by atoms with van der Waals surface area (Å²) in [7, 11) is 0. The molecule has 0 fully saturated rings. The van der Waals surface area contributed by atoms with Crippen LogP contribution in [-0.2, 0) is 4.74 Å². The second-order valence-corrected chi connectivity index (χ2v) is 2.55. The van der Waals surface area contributed by atoms with Crippen LogP contribution < -0.4 is 0 Å². The van der Waals surface area contributed by atoms with E-state index in [4.69, 9.17) is 4.74 Å². The van der Waals surface area contributed by atoms with Gasteiger partial charge in [0.2, 0.25) is 0 Å². The van der Waals surface area contributed by atoms with Crippen LogP contribution in [0.3, 0.4) is 0 Å². The number of ether oxygens (including phenoxy) is 1. The van der Waals surface area contributed by atoms with Crippen LogP contribution in [0, 0.1) is 0 Å². The van der Waals surface area contributed by atoms with Gasteiger partial charge in [0, 0.05) is 12.8 Å². The van der Waals surface area contributed by atoms with Crippen molar-refractivity contribution in [2.24, 2.45) is 0 Å². The van der Waals surface area contributed by atoms with Crippen molar-refractivity contribution in [2.75, 3.05) is 6.61 Å². The molecule has 0 unspecified atom stereocenters. The molecule has 0 spiro atoms. The molecule has 1 aliphatic heterocycles. The normalized spacial score (nSPS) is 18.4. The van der Waals surface area contributed by atoms with Crippen LogP contribution in [0.5, 0.6) is 0 Å². The lowest BCUT2D eigenvalue weighted by Crippen LogP contribution is -1.83. The van der Waals surface area contributed by atoms with Crippen molar-refractivity contribution < 1.29 is 4.74 Å². The van der Waals surface area contributed by atoms with Gasteiger partial charge in [0.1, 0.15) is 0 Å². The lowest BCUT2D eigenvalue weighted by Gasteiger charge is -2.00. The van der Waals surface area contributed by atoms with Crippen LogP contribution >= 0.6 is 0 Å². The Bertz CT molecular complexity index is 125. The Labute approximate surface area is 56.7 Å². The summed E-state index contributed by atoms with van der Waals surface area (Å²) in [5.41, 5.74) is 1.46. The summed E-state index contributed by atoms with van der Waals surface area (Å²) < 4.78 is 5.39. The molecule has 1 heterocycles. The van der Waals surface area contributed by atoms with E-state index in [2.05, 4.69) is 13.8 Å². The molecule has 52 valence electrons. The molecule has 9 heavy (non-hydrogen) atoms. The van der Waals surface area contributed by atoms with Crippen molar-refractivity contribution >= 4 is 0 Å². The summed E-state index contributed by atoms with van der Waals surface area (Å²) in [6.07, 6.45) is 3.48. The Kier molecular flexibility index (Phi) is 2.15. The fourth-order valence-electron chi connectivity index (χ4n) is 1.10. The third-order valence-corrected chi connectivity index (χ3v) is 1.71. The number of hydrogen-bond donors (Lipinski definition) is 0. The van der Waals surface area contributed by atoms with Gasteiger partial charge in [-0.2, -0.15) is 0 Å². The van der Waals surface area contributed by atoms with E-state index in [0.29, 0.717) is 0 Å². The molecule has 0 aromatic heterocycles. The van der Waals surface area contributed by atoms with E-state index in [1.165, 1.54) is 17.8 Å². The van der Waals surface area contributed by atoms with Crippen LogP contribution in [0.4, 0.5) is 0 Å². The second kappa shape index (κ2) is 2.90. The van der Waals surface area contributed by atoms with E-state index in [1.807, 2.05) is 0 Å².